The zero-order valence-electron chi connectivity index (χ0n) is 11.6. The van der Waals surface area contributed by atoms with Crippen molar-refractivity contribution in [2.45, 2.75) is 65.2 Å². The molecule has 0 fully saturated rings. The molecule has 0 aliphatic carbocycles. The maximum atomic E-state index is 11.1. The lowest BCUT2D eigenvalue weighted by Gasteiger charge is -2.05. The van der Waals surface area contributed by atoms with E-state index in [0.29, 0.717) is 13.2 Å². The molecule has 0 unspecified atom stereocenters. The Hall–Kier alpha value is -0.570. The standard InChI is InChI=1S/C14H29NO2/c1-3-5-6-7-8-9-10-11-12-17-14(16)13-15-4-2/h15H,3-13H2,1-2H3. The van der Waals surface area contributed by atoms with Crippen molar-refractivity contribution in [2.24, 2.45) is 0 Å². The molecule has 0 aromatic carbocycles. The number of hydrogen-bond donors (Lipinski definition) is 1. The molecule has 0 amide bonds. The van der Waals surface area contributed by atoms with Gasteiger partial charge in [0.25, 0.3) is 0 Å². The summed E-state index contributed by atoms with van der Waals surface area (Å²) in [4.78, 5) is 11.1. The summed E-state index contributed by atoms with van der Waals surface area (Å²) < 4.78 is 5.09. The molecule has 0 saturated carbocycles. The topological polar surface area (TPSA) is 38.3 Å². The Labute approximate surface area is 106 Å². The molecule has 0 rings (SSSR count). The van der Waals surface area contributed by atoms with Gasteiger partial charge in [-0.05, 0) is 13.0 Å². The van der Waals surface area contributed by atoms with Gasteiger partial charge in [-0.3, -0.25) is 4.79 Å². The molecule has 0 radical (unpaired) electrons. The van der Waals surface area contributed by atoms with Gasteiger partial charge in [0, 0.05) is 0 Å². The van der Waals surface area contributed by atoms with Gasteiger partial charge >= 0.3 is 5.97 Å². The molecule has 17 heavy (non-hydrogen) atoms. The minimum Gasteiger partial charge on any atom is -0.465 e. The van der Waals surface area contributed by atoms with Crippen LogP contribution in [0.1, 0.15) is 65.2 Å². The quantitative estimate of drug-likeness (QED) is 0.422. The van der Waals surface area contributed by atoms with Crippen molar-refractivity contribution >= 4 is 5.97 Å². The van der Waals surface area contributed by atoms with Crippen LogP contribution < -0.4 is 5.32 Å². The van der Waals surface area contributed by atoms with Gasteiger partial charge in [-0.15, -0.1) is 0 Å². The van der Waals surface area contributed by atoms with Crippen molar-refractivity contribution in [2.75, 3.05) is 19.7 Å². The van der Waals surface area contributed by atoms with Crippen LogP contribution in [0, 0.1) is 0 Å². The van der Waals surface area contributed by atoms with Crippen molar-refractivity contribution in [3.63, 3.8) is 0 Å². The minimum atomic E-state index is -0.130. The normalized spacial score (nSPS) is 10.5. The Bertz CT molecular complexity index is 172. The van der Waals surface area contributed by atoms with Crippen LogP contribution in [-0.2, 0) is 9.53 Å². The van der Waals surface area contributed by atoms with Gasteiger partial charge < -0.3 is 10.1 Å². The molecule has 0 aliphatic rings. The van der Waals surface area contributed by atoms with Crippen LogP contribution in [0.3, 0.4) is 0 Å². The molecule has 0 bridgehead atoms. The summed E-state index contributed by atoms with van der Waals surface area (Å²) in [5, 5.41) is 2.95. The third kappa shape index (κ3) is 13.4. The summed E-state index contributed by atoms with van der Waals surface area (Å²) >= 11 is 0. The van der Waals surface area contributed by atoms with E-state index in [4.69, 9.17) is 4.74 Å². The lowest BCUT2D eigenvalue weighted by atomic mass is 10.1. The maximum absolute atomic E-state index is 11.1. The van der Waals surface area contributed by atoms with Crippen LogP contribution in [0.5, 0.6) is 0 Å². The van der Waals surface area contributed by atoms with E-state index in [9.17, 15) is 4.79 Å². The lowest BCUT2D eigenvalue weighted by Crippen LogP contribution is -2.24. The number of esters is 1. The second-order valence-corrected chi connectivity index (χ2v) is 4.48. The molecule has 0 aromatic rings. The Balaban J connectivity index is 3.05. The molecule has 3 nitrogen and oxygen atoms in total. The third-order valence-electron chi connectivity index (χ3n) is 2.78. The van der Waals surface area contributed by atoms with E-state index < -0.39 is 0 Å². The van der Waals surface area contributed by atoms with Crippen molar-refractivity contribution in [1.29, 1.82) is 0 Å². The fourth-order valence-corrected chi connectivity index (χ4v) is 1.70. The lowest BCUT2D eigenvalue weighted by molar-refractivity contribution is -0.142. The smallest absolute Gasteiger partial charge is 0.319 e. The van der Waals surface area contributed by atoms with Gasteiger partial charge in [0.15, 0.2) is 0 Å². The highest BCUT2D eigenvalue weighted by atomic mass is 16.5. The summed E-state index contributed by atoms with van der Waals surface area (Å²) in [5.41, 5.74) is 0. The molecule has 0 heterocycles. The second-order valence-electron chi connectivity index (χ2n) is 4.48. The predicted molar refractivity (Wildman–Crippen MR) is 72.1 cm³/mol. The Kier molecular flexibility index (Phi) is 13.0. The fraction of sp³-hybridized carbons (Fsp3) is 0.929. The van der Waals surface area contributed by atoms with E-state index in [1.807, 2.05) is 6.92 Å². The first-order valence-corrected chi connectivity index (χ1v) is 7.17. The first-order chi connectivity index (χ1) is 8.31. The van der Waals surface area contributed by atoms with Crippen molar-refractivity contribution in [3.05, 3.63) is 0 Å². The van der Waals surface area contributed by atoms with Crippen LogP contribution >= 0.6 is 0 Å². The monoisotopic (exact) mass is 243 g/mol. The van der Waals surface area contributed by atoms with E-state index in [1.54, 1.807) is 0 Å². The van der Waals surface area contributed by atoms with Crippen LogP contribution in [0.4, 0.5) is 0 Å². The fourth-order valence-electron chi connectivity index (χ4n) is 1.70. The first-order valence-electron chi connectivity index (χ1n) is 7.17. The van der Waals surface area contributed by atoms with Gasteiger partial charge in [0.05, 0.1) is 13.2 Å². The van der Waals surface area contributed by atoms with E-state index >= 15 is 0 Å². The Morgan fingerprint density at radius 2 is 1.53 bits per heavy atom. The third-order valence-corrected chi connectivity index (χ3v) is 2.78. The number of hydrogen-bond acceptors (Lipinski definition) is 3. The number of nitrogens with one attached hydrogen (secondary N) is 1. The summed E-state index contributed by atoms with van der Waals surface area (Å²) in [7, 11) is 0. The first kappa shape index (κ1) is 16.4. The van der Waals surface area contributed by atoms with Gasteiger partial charge in [0.2, 0.25) is 0 Å². The average Bonchev–Trinajstić information content (AvgIpc) is 2.34. The highest BCUT2D eigenvalue weighted by Crippen LogP contribution is 2.08. The molecule has 0 saturated heterocycles. The molecular formula is C14H29NO2. The maximum Gasteiger partial charge on any atom is 0.319 e. The zero-order valence-corrected chi connectivity index (χ0v) is 11.6. The molecule has 0 spiro atoms. The molecule has 0 aromatic heterocycles. The van der Waals surface area contributed by atoms with E-state index in [0.717, 1.165) is 13.0 Å². The number of unbranched alkanes of at least 4 members (excludes halogenated alkanes) is 7. The van der Waals surface area contributed by atoms with Gasteiger partial charge in [-0.1, -0.05) is 58.8 Å². The molecule has 102 valence electrons. The van der Waals surface area contributed by atoms with Crippen LogP contribution in [0.15, 0.2) is 0 Å². The molecule has 1 N–H and O–H groups in total. The van der Waals surface area contributed by atoms with Crippen LogP contribution in [0.2, 0.25) is 0 Å². The Morgan fingerprint density at radius 3 is 2.12 bits per heavy atom. The largest absolute Gasteiger partial charge is 0.465 e. The molecule has 0 aliphatic heterocycles. The summed E-state index contributed by atoms with van der Waals surface area (Å²) in [6.45, 7) is 5.95. The number of carbonyl (C=O) groups is 1. The predicted octanol–water partition coefficient (Wildman–Crippen LogP) is 3.28. The van der Waals surface area contributed by atoms with Crippen molar-refractivity contribution < 1.29 is 9.53 Å². The highest BCUT2D eigenvalue weighted by Gasteiger charge is 2.00. The van der Waals surface area contributed by atoms with Gasteiger partial charge in [0.1, 0.15) is 0 Å². The number of ether oxygens (including phenoxy) is 1. The van der Waals surface area contributed by atoms with Gasteiger partial charge in [-0.25, -0.2) is 0 Å². The second kappa shape index (κ2) is 13.5. The molecule has 0 atom stereocenters. The van der Waals surface area contributed by atoms with Gasteiger partial charge in [-0.2, -0.15) is 0 Å². The van der Waals surface area contributed by atoms with E-state index in [1.165, 1.54) is 44.9 Å². The average molecular weight is 243 g/mol. The van der Waals surface area contributed by atoms with E-state index in [2.05, 4.69) is 12.2 Å². The minimum absolute atomic E-state index is 0.130. The Morgan fingerprint density at radius 1 is 0.941 bits per heavy atom. The van der Waals surface area contributed by atoms with Crippen molar-refractivity contribution in [1.82, 2.24) is 5.32 Å². The SMILES string of the molecule is CCCCCCCCCCOC(=O)CNCC. The highest BCUT2D eigenvalue weighted by molar-refractivity contribution is 5.71. The summed E-state index contributed by atoms with van der Waals surface area (Å²) in [6.07, 6.45) is 10.2. The summed E-state index contributed by atoms with van der Waals surface area (Å²) in [6, 6.07) is 0. The van der Waals surface area contributed by atoms with Crippen LogP contribution in [-0.4, -0.2) is 25.7 Å². The number of carbonyl (C=O) groups excluding carboxylic acids is 1. The molecule has 3 heteroatoms. The van der Waals surface area contributed by atoms with E-state index in [-0.39, 0.29) is 5.97 Å². The summed E-state index contributed by atoms with van der Waals surface area (Å²) in [5.74, 6) is -0.130. The molecular weight excluding hydrogens is 214 g/mol. The number of rotatable bonds is 12. The zero-order chi connectivity index (χ0) is 12.8. The van der Waals surface area contributed by atoms with Crippen molar-refractivity contribution in [3.8, 4) is 0 Å². The van der Waals surface area contributed by atoms with Crippen LogP contribution in [0.25, 0.3) is 0 Å². The number of likely N-dealkylation sites (N-methyl/N-ethyl adjacent to an activating group) is 1.